The van der Waals surface area contributed by atoms with E-state index in [1.165, 1.54) is 11.1 Å². The number of hydrogen-bond acceptors (Lipinski definition) is 2. The standard InChI is InChI=1S/C20H19NO2/c22-20(23-19-9-5-2-6-10-19)21-17-11-12-18(21)14-16(13-17)15-7-3-1-4-8-15/h1-10,13,17-18H,11-12,14H2/t17-,18+/m0/s1. The second-order valence-corrected chi connectivity index (χ2v) is 6.15. The number of rotatable bonds is 2. The third-order valence-corrected chi connectivity index (χ3v) is 4.70. The van der Waals surface area contributed by atoms with Gasteiger partial charge in [0.25, 0.3) is 0 Å². The van der Waals surface area contributed by atoms with Crippen molar-refractivity contribution in [3.63, 3.8) is 0 Å². The van der Waals surface area contributed by atoms with Crippen LogP contribution in [0, 0.1) is 0 Å². The Morgan fingerprint density at radius 3 is 2.35 bits per heavy atom. The summed E-state index contributed by atoms with van der Waals surface area (Å²) >= 11 is 0. The quantitative estimate of drug-likeness (QED) is 0.817. The normalized spacial score (nSPS) is 22.6. The molecule has 0 aliphatic carbocycles. The maximum Gasteiger partial charge on any atom is 0.415 e. The average molecular weight is 305 g/mol. The molecule has 1 saturated heterocycles. The fraction of sp³-hybridized carbons (Fsp3) is 0.250. The molecule has 2 aromatic rings. The van der Waals surface area contributed by atoms with Gasteiger partial charge < -0.3 is 4.74 Å². The summed E-state index contributed by atoms with van der Waals surface area (Å²) < 4.78 is 5.53. The van der Waals surface area contributed by atoms with Crippen LogP contribution in [-0.2, 0) is 0 Å². The topological polar surface area (TPSA) is 29.5 Å². The molecular formula is C20H19NO2. The lowest BCUT2D eigenvalue weighted by Crippen LogP contribution is -2.44. The lowest BCUT2D eigenvalue weighted by atomic mass is 9.95. The van der Waals surface area contributed by atoms with Gasteiger partial charge in [-0.1, -0.05) is 54.6 Å². The van der Waals surface area contributed by atoms with E-state index in [-0.39, 0.29) is 18.2 Å². The molecule has 3 heteroatoms. The molecule has 0 saturated carbocycles. The van der Waals surface area contributed by atoms with Gasteiger partial charge in [-0.3, -0.25) is 4.90 Å². The number of nitrogens with zero attached hydrogens (tertiary/aromatic N) is 1. The average Bonchev–Trinajstić information content (AvgIpc) is 2.87. The van der Waals surface area contributed by atoms with E-state index in [9.17, 15) is 4.79 Å². The van der Waals surface area contributed by atoms with Gasteiger partial charge in [0.05, 0.1) is 6.04 Å². The van der Waals surface area contributed by atoms with E-state index in [1.54, 1.807) is 0 Å². The van der Waals surface area contributed by atoms with E-state index in [0.29, 0.717) is 5.75 Å². The second kappa shape index (κ2) is 5.92. The summed E-state index contributed by atoms with van der Waals surface area (Å²) in [4.78, 5) is 14.5. The van der Waals surface area contributed by atoms with Gasteiger partial charge in [-0.15, -0.1) is 0 Å². The first-order chi connectivity index (χ1) is 11.3. The molecule has 1 amide bonds. The molecule has 23 heavy (non-hydrogen) atoms. The molecule has 0 N–H and O–H groups in total. The molecule has 2 atom stereocenters. The number of ether oxygens (including phenoxy) is 1. The molecule has 0 aromatic heterocycles. The predicted molar refractivity (Wildman–Crippen MR) is 90.2 cm³/mol. The minimum atomic E-state index is -0.230. The van der Waals surface area contributed by atoms with E-state index < -0.39 is 0 Å². The van der Waals surface area contributed by atoms with Crippen LogP contribution in [0.5, 0.6) is 5.75 Å². The van der Waals surface area contributed by atoms with Gasteiger partial charge in [0, 0.05) is 6.04 Å². The smallest absolute Gasteiger partial charge is 0.410 e. The highest BCUT2D eigenvalue weighted by Crippen LogP contribution is 2.38. The lowest BCUT2D eigenvalue weighted by Gasteiger charge is -2.33. The van der Waals surface area contributed by atoms with Crippen molar-refractivity contribution in [2.45, 2.75) is 31.3 Å². The van der Waals surface area contributed by atoms with Gasteiger partial charge in [-0.2, -0.15) is 0 Å². The Balaban J connectivity index is 1.54. The van der Waals surface area contributed by atoms with Crippen molar-refractivity contribution in [3.8, 4) is 5.75 Å². The van der Waals surface area contributed by atoms with Crippen LogP contribution in [0.3, 0.4) is 0 Å². The van der Waals surface area contributed by atoms with Crippen LogP contribution in [0.4, 0.5) is 4.79 Å². The van der Waals surface area contributed by atoms with Crippen molar-refractivity contribution in [2.24, 2.45) is 0 Å². The third kappa shape index (κ3) is 2.74. The van der Waals surface area contributed by atoms with Gasteiger partial charge in [0.2, 0.25) is 0 Å². The summed E-state index contributed by atoms with van der Waals surface area (Å²) in [5, 5.41) is 0. The summed E-state index contributed by atoms with van der Waals surface area (Å²) in [7, 11) is 0. The SMILES string of the molecule is O=C(Oc1ccccc1)N1[C@@H]2CC[C@H]1C=C(c1ccccc1)C2. The monoisotopic (exact) mass is 305 g/mol. The van der Waals surface area contributed by atoms with E-state index >= 15 is 0 Å². The number of carbonyl (C=O) groups excluding carboxylic acids is 1. The Morgan fingerprint density at radius 1 is 0.957 bits per heavy atom. The molecule has 2 aliphatic heterocycles. The van der Waals surface area contributed by atoms with E-state index in [0.717, 1.165) is 19.3 Å². The van der Waals surface area contributed by atoms with Crippen molar-refractivity contribution in [1.29, 1.82) is 0 Å². The van der Waals surface area contributed by atoms with Gasteiger partial charge in [0.1, 0.15) is 5.75 Å². The fourth-order valence-electron chi connectivity index (χ4n) is 3.62. The van der Waals surface area contributed by atoms with Crippen LogP contribution >= 0.6 is 0 Å². The molecule has 0 spiro atoms. The van der Waals surface area contributed by atoms with Crippen molar-refractivity contribution in [3.05, 3.63) is 72.3 Å². The minimum Gasteiger partial charge on any atom is -0.410 e. The van der Waals surface area contributed by atoms with Crippen LogP contribution in [0.15, 0.2) is 66.7 Å². The molecule has 1 fully saturated rings. The summed E-state index contributed by atoms with van der Waals surface area (Å²) in [6, 6.07) is 20.1. The first-order valence-electron chi connectivity index (χ1n) is 8.12. The number of hydrogen-bond donors (Lipinski definition) is 0. The molecule has 2 aromatic carbocycles. The number of carbonyl (C=O) groups is 1. The highest BCUT2D eigenvalue weighted by molar-refractivity contribution is 5.76. The predicted octanol–water partition coefficient (Wildman–Crippen LogP) is 4.51. The van der Waals surface area contributed by atoms with E-state index in [4.69, 9.17) is 4.74 Å². The molecule has 4 rings (SSSR count). The molecule has 0 unspecified atom stereocenters. The summed E-state index contributed by atoms with van der Waals surface area (Å²) in [5.74, 6) is 0.606. The number of benzene rings is 2. The molecule has 2 aliphatic rings. The minimum absolute atomic E-state index is 0.153. The van der Waals surface area contributed by atoms with Gasteiger partial charge in [-0.25, -0.2) is 4.79 Å². The second-order valence-electron chi connectivity index (χ2n) is 6.15. The number of fused-ring (bicyclic) bond motifs is 2. The van der Waals surface area contributed by atoms with E-state index in [2.05, 4.69) is 30.3 Å². The highest BCUT2D eigenvalue weighted by atomic mass is 16.6. The Kier molecular flexibility index (Phi) is 3.62. The fourth-order valence-corrected chi connectivity index (χ4v) is 3.62. The Morgan fingerprint density at radius 2 is 1.65 bits per heavy atom. The highest BCUT2D eigenvalue weighted by Gasteiger charge is 2.40. The van der Waals surface area contributed by atoms with Crippen molar-refractivity contribution in [1.82, 2.24) is 4.90 Å². The first kappa shape index (κ1) is 14.1. The van der Waals surface area contributed by atoms with E-state index in [1.807, 2.05) is 41.3 Å². The lowest BCUT2D eigenvalue weighted by molar-refractivity contribution is 0.135. The zero-order chi connectivity index (χ0) is 15.6. The Hall–Kier alpha value is -2.55. The molecule has 2 bridgehead atoms. The van der Waals surface area contributed by atoms with Gasteiger partial charge in [-0.05, 0) is 42.5 Å². The first-order valence-corrected chi connectivity index (χ1v) is 8.12. The van der Waals surface area contributed by atoms with Crippen LogP contribution in [-0.4, -0.2) is 23.1 Å². The summed E-state index contributed by atoms with van der Waals surface area (Å²) in [6.45, 7) is 0. The van der Waals surface area contributed by atoms with Crippen molar-refractivity contribution < 1.29 is 9.53 Å². The number of para-hydroxylation sites is 1. The zero-order valence-electron chi connectivity index (χ0n) is 12.9. The third-order valence-electron chi connectivity index (χ3n) is 4.70. The zero-order valence-corrected chi connectivity index (χ0v) is 12.9. The Bertz CT molecular complexity index is 724. The van der Waals surface area contributed by atoms with Gasteiger partial charge >= 0.3 is 6.09 Å². The summed E-state index contributed by atoms with van der Waals surface area (Å²) in [5.41, 5.74) is 2.61. The van der Waals surface area contributed by atoms with Crippen LogP contribution in [0.25, 0.3) is 5.57 Å². The number of amides is 1. The van der Waals surface area contributed by atoms with Crippen LogP contribution in [0.2, 0.25) is 0 Å². The maximum atomic E-state index is 12.5. The molecule has 116 valence electrons. The van der Waals surface area contributed by atoms with Crippen LogP contribution in [0.1, 0.15) is 24.8 Å². The molecular weight excluding hydrogens is 286 g/mol. The van der Waals surface area contributed by atoms with Crippen molar-refractivity contribution in [2.75, 3.05) is 0 Å². The van der Waals surface area contributed by atoms with Gasteiger partial charge in [0.15, 0.2) is 0 Å². The molecule has 3 nitrogen and oxygen atoms in total. The largest absolute Gasteiger partial charge is 0.415 e. The molecule has 0 radical (unpaired) electrons. The van der Waals surface area contributed by atoms with Crippen LogP contribution < -0.4 is 4.74 Å². The summed E-state index contributed by atoms with van der Waals surface area (Å²) in [6.07, 6.45) is 4.98. The van der Waals surface area contributed by atoms with Crippen molar-refractivity contribution >= 4 is 11.7 Å². The molecule has 2 heterocycles. The maximum absolute atomic E-state index is 12.5. The Labute approximate surface area is 136 Å².